The van der Waals surface area contributed by atoms with Crippen LogP contribution in [0.3, 0.4) is 0 Å². The summed E-state index contributed by atoms with van der Waals surface area (Å²) in [7, 11) is 0. The molecule has 1 heterocycles. The van der Waals surface area contributed by atoms with Gasteiger partial charge in [0, 0.05) is 5.92 Å². The Morgan fingerprint density at radius 1 is 1.29 bits per heavy atom. The second kappa shape index (κ2) is 4.69. The normalized spacial score (nSPS) is 10.5. The Morgan fingerprint density at radius 3 is 2.43 bits per heavy atom. The van der Waals surface area contributed by atoms with Crippen LogP contribution in [0, 0.1) is 0 Å². The van der Waals surface area contributed by atoms with Gasteiger partial charge in [0.05, 0.1) is 12.4 Å². The Bertz CT molecular complexity index is 362. The first-order valence-corrected chi connectivity index (χ1v) is 4.74. The number of aromatic nitrogens is 2. The summed E-state index contributed by atoms with van der Waals surface area (Å²) in [4.78, 5) is 19.0. The third-order valence-electron chi connectivity index (χ3n) is 2.24. The van der Waals surface area contributed by atoms with E-state index < -0.39 is 0 Å². The molecular formula is C10H14N2O2. The summed E-state index contributed by atoms with van der Waals surface area (Å²) >= 11 is 0. The van der Waals surface area contributed by atoms with Crippen molar-refractivity contribution in [1.29, 1.82) is 0 Å². The van der Waals surface area contributed by atoms with Gasteiger partial charge >= 0.3 is 0 Å². The fourth-order valence-electron chi connectivity index (χ4n) is 1.37. The zero-order chi connectivity index (χ0) is 10.6. The van der Waals surface area contributed by atoms with E-state index in [1.165, 1.54) is 6.20 Å². The molecule has 76 valence electrons. The van der Waals surface area contributed by atoms with Crippen molar-refractivity contribution >= 4 is 0 Å². The lowest BCUT2D eigenvalue weighted by Crippen LogP contribution is -2.14. The van der Waals surface area contributed by atoms with Gasteiger partial charge in [0.25, 0.3) is 5.56 Å². The smallest absolute Gasteiger partial charge is 0.291 e. The average Bonchev–Trinajstić information content (AvgIpc) is 2.34. The summed E-state index contributed by atoms with van der Waals surface area (Å²) in [5.41, 5.74) is 0.0919. The lowest BCUT2D eigenvalue weighted by Gasteiger charge is -2.07. The summed E-state index contributed by atoms with van der Waals surface area (Å²) in [6.45, 7) is 4.00. The van der Waals surface area contributed by atoms with Crippen LogP contribution in [-0.2, 0) is 0 Å². The standard InChI is InChI=1S/C10H14N2O2/c1-3-7(4-2)9-10(14)12-6-8(13)5-11-9/h5-7,13H,3-4H2,1-2H3. The zero-order valence-corrected chi connectivity index (χ0v) is 8.40. The van der Waals surface area contributed by atoms with Crippen molar-refractivity contribution in [3.63, 3.8) is 0 Å². The van der Waals surface area contributed by atoms with Crippen LogP contribution in [0.4, 0.5) is 0 Å². The van der Waals surface area contributed by atoms with E-state index in [1.54, 1.807) is 0 Å². The van der Waals surface area contributed by atoms with Crippen LogP contribution in [0.2, 0.25) is 0 Å². The molecule has 14 heavy (non-hydrogen) atoms. The molecule has 0 aliphatic rings. The number of hydrogen-bond acceptors (Lipinski definition) is 4. The molecule has 0 aliphatic carbocycles. The van der Waals surface area contributed by atoms with E-state index in [9.17, 15) is 4.79 Å². The van der Waals surface area contributed by atoms with Crippen LogP contribution in [0.25, 0.3) is 0 Å². The fraction of sp³-hybridized carbons (Fsp3) is 0.500. The van der Waals surface area contributed by atoms with Crippen LogP contribution < -0.4 is 5.56 Å². The van der Waals surface area contributed by atoms with Crippen molar-refractivity contribution in [1.82, 2.24) is 9.97 Å². The minimum Gasteiger partial charge on any atom is -0.505 e. The Kier molecular flexibility index (Phi) is 3.56. The zero-order valence-electron chi connectivity index (χ0n) is 8.40. The quantitative estimate of drug-likeness (QED) is 0.790. The Labute approximate surface area is 82.7 Å². The molecule has 0 aromatic carbocycles. The molecule has 0 saturated heterocycles. The molecule has 1 aromatic rings. The summed E-state index contributed by atoms with van der Waals surface area (Å²) in [6, 6.07) is 0. The van der Waals surface area contributed by atoms with Gasteiger partial charge in [-0.1, -0.05) is 13.8 Å². The Morgan fingerprint density at radius 2 is 1.86 bits per heavy atom. The van der Waals surface area contributed by atoms with Gasteiger partial charge in [0.15, 0.2) is 5.75 Å². The topological polar surface area (TPSA) is 63.1 Å². The second-order valence-corrected chi connectivity index (χ2v) is 3.15. The minimum absolute atomic E-state index is 0.0840. The van der Waals surface area contributed by atoms with E-state index in [1.807, 2.05) is 13.8 Å². The lowest BCUT2D eigenvalue weighted by molar-refractivity contribution is 0.471. The van der Waals surface area contributed by atoms with Crippen molar-refractivity contribution in [3.05, 3.63) is 28.4 Å². The van der Waals surface area contributed by atoms with Gasteiger partial charge in [-0.15, -0.1) is 0 Å². The van der Waals surface area contributed by atoms with Crippen LogP contribution in [0.15, 0.2) is 17.2 Å². The van der Waals surface area contributed by atoms with Gasteiger partial charge in [-0.2, -0.15) is 0 Å². The van der Waals surface area contributed by atoms with E-state index >= 15 is 0 Å². The predicted molar refractivity (Wildman–Crippen MR) is 53.3 cm³/mol. The van der Waals surface area contributed by atoms with E-state index in [0.717, 1.165) is 19.0 Å². The molecule has 1 rings (SSSR count). The monoisotopic (exact) mass is 194 g/mol. The summed E-state index contributed by atoms with van der Waals surface area (Å²) in [6.07, 6.45) is 4.10. The summed E-state index contributed by atoms with van der Waals surface area (Å²) in [5, 5.41) is 9.10. The number of nitrogens with zero attached hydrogens (tertiary/aromatic N) is 2. The highest BCUT2D eigenvalue weighted by molar-refractivity contribution is 5.11. The van der Waals surface area contributed by atoms with Gasteiger partial charge in [-0.3, -0.25) is 9.78 Å². The molecule has 4 heteroatoms. The molecule has 1 N–H and O–H groups in total. The van der Waals surface area contributed by atoms with Crippen molar-refractivity contribution < 1.29 is 5.11 Å². The number of aromatic hydroxyl groups is 1. The maximum absolute atomic E-state index is 11.4. The lowest BCUT2D eigenvalue weighted by atomic mass is 10.0. The molecule has 0 saturated carbocycles. The minimum atomic E-state index is -0.348. The highest BCUT2D eigenvalue weighted by Gasteiger charge is 2.11. The first-order valence-electron chi connectivity index (χ1n) is 4.74. The van der Waals surface area contributed by atoms with Crippen LogP contribution >= 0.6 is 0 Å². The molecule has 4 nitrogen and oxygen atoms in total. The first kappa shape index (κ1) is 10.6. The van der Waals surface area contributed by atoms with E-state index in [-0.39, 0.29) is 17.2 Å². The van der Waals surface area contributed by atoms with Crippen molar-refractivity contribution in [2.75, 3.05) is 0 Å². The average molecular weight is 194 g/mol. The first-order chi connectivity index (χ1) is 6.69. The van der Waals surface area contributed by atoms with Gasteiger partial charge in [0.1, 0.15) is 5.69 Å². The molecule has 0 bridgehead atoms. The largest absolute Gasteiger partial charge is 0.505 e. The Hall–Kier alpha value is -1.45. The maximum atomic E-state index is 11.4. The van der Waals surface area contributed by atoms with Crippen LogP contribution in [-0.4, -0.2) is 15.1 Å². The Balaban J connectivity index is 3.22. The molecular weight excluding hydrogens is 180 g/mol. The predicted octanol–water partition coefficient (Wildman–Crippen LogP) is 1.45. The third kappa shape index (κ3) is 2.28. The third-order valence-corrected chi connectivity index (χ3v) is 2.24. The van der Waals surface area contributed by atoms with Gasteiger partial charge in [-0.05, 0) is 12.8 Å². The van der Waals surface area contributed by atoms with Gasteiger partial charge in [0.2, 0.25) is 0 Å². The second-order valence-electron chi connectivity index (χ2n) is 3.15. The van der Waals surface area contributed by atoms with Gasteiger partial charge < -0.3 is 5.11 Å². The van der Waals surface area contributed by atoms with Crippen molar-refractivity contribution in [3.8, 4) is 5.75 Å². The van der Waals surface area contributed by atoms with Crippen molar-refractivity contribution in [2.24, 2.45) is 0 Å². The molecule has 0 radical (unpaired) electrons. The molecule has 0 amide bonds. The van der Waals surface area contributed by atoms with E-state index in [0.29, 0.717) is 5.69 Å². The number of rotatable bonds is 3. The van der Waals surface area contributed by atoms with E-state index in [4.69, 9.17) is 5.11 Å². The molecule has 0 aliphatic heterocycles. The fourth-order valence-corrected chi connectivity index (χ4v) is 1.37. The summed E-state index contributed by atoms with van der Waals surface area (Å²) < 4.78 is 0. The van der Waals surface area contributed by atoms with Crippen LogP contribution in [0.5, 0.6) is 5.75 Å². The maximum Gasteiger partial charge on any atom is 0.291 e. The molecule has 0 spiro atoms. The van der Waals surface area contributed by atoms with Crippen molar-refractivity contribution in [2.45, 2.75) is 32.6 Å². The molecule has 0 unspecified atom stereocenters. The molecule has 0 atom stereocenters. The van der Waals surface area contributed by atoms with E-state index in [2.05, 4.69) is 9.97 Å². The SMILES string of the molecule is CCC(CC)c1ncc(O)cnc1=O. The highest BCUT2D eigenvalue weighted by atomic mass is 16.3. The molecule has 0 fully saturated rings. The highest BCUT2D eigenvalue weighted by Crippen LogP contribution is 2.17. The summed E-state index contributed by atoms with van der Waals surface area (Å²) in [5.74, 6) is 0.0427. The molecule has 1 aromatic heterocycles. The van der Waals surface area contributed by atoms with Gasteiger partial charge in [-0.25, -0.2) is 4.98 Å². The number of hydrogen-bond donors (Lipinski definition) is 1. The van der Waals surface area contributed by atoms with Crippen LogP contribution in [0.1, 0.15) is 38.3 Å².